The van der Waals surface area contributed by atoms with Crippen molar-refractivity contribution in [3.05, 3.63) is 35.4 Å². The molecule has 0 radical (unpaired) electrons. The lowest BCUT2D eigenvalue weighted by Crippen LogP contribution is -2.43. The lowest BCUT2D eigenvalue weighted by Gasteiger charge is -2.38. The minimum absolute atomic E-state index is 0.137. The molecule has 0 atom stereocenters. The van der Waals surface area contributed by atoms with Crippen molar-refractivity contribution in [2.24, 2.45) is 11.7 Å². The Morgan fingerprint density at radius 3 is 2.45 bits per heavy atom. The van der Waals surface area contributed by atoms with Crippen LogP contribution in [-0.4, -0.2) is 6.18 Å². The van der Waals surface area contributed by atoms with Gasteiger partial charge in [0.2, 0.25) is 0 Å². The Morgan fingerprint density at radius 2 is 1.90 bits per heavy atom. The van der Waals surface area contributed by atoms with E-state index >= 15 is 0 Å². The molecular weight excluding hydrogens is 263 g/mol. The molecule has 1 fully saturated rings. The number of rotatable bonds is 3. The van der Waals surface area contributed by atoms with E-state index in [1.54, 1.807) is 0 Å². The van der Waals surface area contributed by atoms with Crippen molar-refractivity contribution in [2.45, 2.75) is 57.2 Å². The predicted molar refractivity (Wildman–Crippen MR) is 74.3 cm³/mol. The van der Waals surface area contributed by atoms with Crippen LogP contribution in [0.2, 0.25) is 0 Å². The molecule has 4 heteroatoms. The largest absolute Gasteiger partial charge is 0.391 e. The van der Waals surface area contributed by atoms with Gasteiger partial charge in [0.25, 0.3) is 0 Å². The molecule has 0 bridgehead atoms. The molecule has 1 aromatic carbocycles. The normalized spacial score (nSPS) is 27.6. The third kappa shape index (κ3) is 3.35. The first-order chi connectivity index (χ1) is 9.35. The Morgan fingerprint density at radius 1 is 1.25 bits per heavy atom. The van der Waals surface area contributed by atoms with Gasteiger partial charge in [0.15, 0.2) is 0 Å². The molecule has 112 valence electrons. The molecule has 0 unspecified atom stereocenters. The minimum Gasteiger partial charge on any atom is -0.321 e. The Labute approximate surface area is 118 Å². The standard InChI is InChI=1S/C16H22F3N/c1-2-4-12-5-3-6-14(11-12)15(20)9-7-13(8-10-15)16(17,18)19/h3,5-6,11,13H,2,4,7-10,20H2,1H3. The summed E-state index contributed by atoms with van der Waals surface area (Å²) in [7, 11) is 0. The highest BCUT2D eigenvalue weighted by molar-refractivity contribution is 5.30. The van der Waals surface area contributed by atoms with Crippen molar-refractivity contribution >= 4 is 0 Å². The summed E-state index contributed by atoms with van der Waals surface area (Å²) in [5.74, 6) is -1.18. The van der Waals surface area contributed by atoms with E-state index in [4.69, 9.17) is 5.73 Å². The van der Waals surface area contributed by atoms with Gasteiger partial charge in [-0.15, -0.1) is 0 Å². The summed E-state index contributed by atoms with van der Waals surface area (Å²) in [4.78, 5) is 0. The number of aryl methyl sites for hydroxylation is 1. The Balaban J connectivity index is 2.11. The Hall–Kier alpha value is -1.03. The van der Waals surface area contributed by atoms with E-state index in [-0.39, 0.29) is 12.8 Å². The molecule has 0 spiro atoms. The number of hydrogen-bond donors (Lipinski definition) is 1. The van der Waals surface area contributed by atoms with Gasteiger partial charge >= 0.3 is 6.18 Å². The number of halogens is 3. The fourth-order valence-electron chi connectivity index (χ4n) is 3.07. The third-order valence-corrected chi connectivity index (χ3v) is 4.38. The monoisotopic (exact) mass is 285 g/mol. The molecule has 0 aromatic heterocycles. The van der Waals surface area contributed by atoms with Crippen molar-refractivity contribution in [2.75, 3.05) is 0 Å². The highest BCUT2D eigenvalue weighted by Crippen LogP contribution is 2.44. The van der Waals surface area contributed by atoms with Crippen LogP contribution in [0.4, 0.5) is 13.2 Å². The van der Waals surface area contributed by atoms with Crippen LogP contribution in [0.1, 0.15) is 50.2 Å². The Kier molecular flexibility index (Phi) is 4.43. The van der Waals surface area contributed by atoms with Gasteiger partial charge in [-0.3, -0.25) is 0 Å². The zero-order chi connectivity index (χ0) is 14.8. The number of hydrogen-bond acceptors (Lipinski definition) is 1. The van der Waals surface area contributed by atoms with E-state index in [2.05, 4.69) is 19.1 Å². The molecule has 0 saturated heterocycles. The smallest absolute Gasteiger partial charge is 0.321 e. The van der Waals surface area contributed by atoms with Crippen molar-refractivity contribution in [1.82, 2.24) is 0 Å². The molecule has 1 aliphatic rings. The predicted octanol–water partition coefficient (Wildman–Crippen LogP) is 4.55. The third-order valence-electron chi connectivity index (χ3n) is 4.38. The van der Waals surface area contributed by atoms with Gasteiger partial charge in [-0.05, 0) is 43.2 Å². The second kappa shape index (κ2) is 5.76. The van der Waals surface area contributed by atoms with Crippen LogP contribution in [0.5, 0.6) is 0 Å². The molecule has 2 N–H and O–H groups in total. The zero-order valence-corrected chi connectivity index (χ0v) is 11.8. The number of alkyl halides is 3. The van der Waals surface area contributed by atoms with E-state index < -0.39 is 17.6 Å². The zero-order valence-electron chi connectivity index (χ0n) is 11.8. The quantitative estimate of drug-likeness (QED) is 0.866. The van der Waals surface area contributed by atoms with Gasteiger partial charge in [0.1, 0.15) is 0 Å². The highest BCUT2D eigenvalue weighted by Gasteiger charge is 2.45. The molecule has 0 aliphatic heterocycles. The average Bonchev–Trinajstić information content (AvgIpc) is 2.39. The Bertz CT molecular complexity index is 445. The van der Waals surface area contributed by atoms with E-state index in [1.165, 1.54) is 5.56 Å². The second-order valence-corrected chi connectivity index (χ2v) is 5.92. The summed E-state index contributed by atoms with van der Waals surface area (Å²) >= 11 is 0. The molecule has 1 nitrogen and oxygen atoms in total. The molecule has 2 rings (SSSR count). The van der Waals surface area contributed by atoms with Crippen LogP contribution in [0.3, 0.4) is 0 Å². The summed E-state index contributed by atoms with van der Waals surface area (Å²) in [5.41, 5.74) is 8.00. The van der Waals surface area contributed by atoms with Gasteiger partial charge in [-0.2, -0.15) is 13.2 Å². The maximum absolute atomic E-state index is 12.7. The van der Waals surface area contributed by atoms with Crippen LogP contribution in [-0.2, 0) is 12.0 Å². The molecule has 1 aromatic rings. The lowest BCUT2D eigenvalue weighted by molar-refractivity contribution is -0.184. The fourth-order valence-corrected chi connectivity index (χ4v) is 3.07. The average molecular weight is 285 g/mol. The van der Waals surface area contributed by atoms with E-state index in [0.717, 1.165) is 18.4 Å². The molecule has 0 heterocycles. The van der Waals surface area contributed by atoms with Crippen LogP contribution in [0, 0.1) is 5.92 Å². The van der Waals surface area contributed by atoms with Gasteiger partial charge < -0.3 is 5.73 Å². The number of benzene rings is 1. The first-order valence-electron chi connectivity index (χ1n) is 7.30. The van der Waals surface area contributed by atoms with E-state index in [9.17, 15) is 13.2 Å². The summed E-state index contributed by atoms with van der Waals surface area (Å²) in [5, 5.41) is 0. The van der Waals surface area contributed by atoms with Gasteiger partial charge in [-0.1, -0.05) is 37.6 Å². The van der Waals surface area contributed by atoms with Gasteiger partial charge in [0, 0.05) is 5.54 Å². The lowest BCUT2D eigenvalue weighted by atomic mass is 9.73. The van der Waals surface area contributed by atoms with Crippen molar-refractivity contribution < 1.29 is 13.2 Å². The first-order valence-corrected chi connectivity index (χ1v) is 7.30. The van der Waals surface area contributed by atoms with Gasteiger partial charge in [0.05, 0.1) is 5.92 Å². The molecule has 1 saturated carbocycles. The molecular formula is C16H22F3N. The summed E-state index contributed by atoms with van der Waals surface area (Å²) < 4.78 is 38.2. The molecule has 20 heavy (non-hydrogen) atoms. The summed E-state index contributed by atoms with van der Waals surface area (Å²) in [6, 6.07) is 8.03. The van der Waals surface area contributed by atoms with Crippen LogP contribution >= 0.6 is 0 Å². The maximum atomic E-state index is 12.7. The van der Waals surface area contributed by atoms with E-state index in [1.807, 2.05) is 12.1 Å². The van der Waals surface area contributed by atoms with Crippen LogP contribution in [0.25, 0.3) is 0 Å². The van der Waals surface area contributed by atoms with Crippen LogP contribution in [0.15, 0.2) is 24.3 Å². The first kappa shape index (κ1) is 15.4. The summed E-state index contributed by atoms with van der Waals surface area (Å²) in [6.07, 6.45) is -0.951. The van der Waals surface area contributed by atoms with Crippen molar-refractivity contribution in [3.63, 3.8) is 0 Å². The topological polar surface area (TPSA) is 26.0 Å². The fraction of sp³-hybridized carbons (Fsp3) is 0.625. The minimum atomic E-state index is -4.08. The van der Waals surface area contributed by atoms with Crippen molar-refractivity contribution in [3.8, 4) is 0 Å². The van der Waals surface area contributed by atoms with E-state index in [0.29, 0.717) is 12.8 Å². The molecule has 0 amide bonds. The second-order valence-electron chi connectivity index (χ2n) is 5.92. The molecule has 1 aliphatic carbocycles. The summed E-state index contributed by atoms with van der Waals surface area (Å²) in [6.45, 7) is 2.11. The SMILES string of the molecule is CCCc1cccc(C2(N)CCC(C(F)(F)F)CC2)c1. The maximum Gasteiger partial charge on any atom is 0.391 e. The van der Waals surface area contributed by atoms with Crippen molar-refractivity contribution in [1.29, 1.82) is 0 Å². The highest BCUT2D eigenvalue weighted by atomic mass is 19.4. The van der Waals surface area contributed by atoms with Crippen LogP contribution < -0.4 is 5.73 Å². The number of nitrogens with two attached hydrogens (primary N) is 1. The van der Waals surface area contributed by atoms with Gasteiger partial charge in [-0.25, -0.2) is 0 Å².